The third-order valence-electron chi connectivity index (χ3n) is 5.21. The largest absolute Gasteiger partial charge is 0.494 e. The van der Waals surface area contributed by atoms with Crippen LogP contribution in [-0.2, 0) is 0 Å². The molecule has 3 rings (SSSR count). The minimum absolute atomic E-state index is 0.344. The smallest absolute Gasteiger partial charge is 0.119 e. The van der Waals surface area contributed by atoms with Crippen LogP contribution in [0.15, 0.2) is 24.3 Å². The van der Waals surface area contributed by atoms with Gasteiger partial charge in [-0.25, -0.2) is 0 Å². The van der Waals surface area contributed by atoms with Crippen LogP contribution < -0.4 is 10.5 Å². The molecule has 1 heterocycles. The van der Waals surface area contributed by atoms with Crippen LogP contribution in [0.3, 0.4) is 0 Å². The summed E-state index contributed by atoms with van der Waals surface area (Å²) in [5.41, 5.74) is 7.48. The SMILES string of the molecule is CCOc1cccc(C(CN)N2CCCC3CCCC32)c1. The number of benzene rings is 1. The lowest BCUT2D eigenvalue weighted by Crippen LogP contribution is -2.46. The maximum Gasteiger partial charge on any atom is 0.119 e. The molecule has 1 aliphatic carbocycles. The average Bonchev–Trinajstić information content (AvgIpc) is 2.98. The first-order valence-electron chi connectivity index (χ1n) is 8.52. The van der Waals surface area contributed by atoms with Gasteiger partial charge < -0.3 is 10.5 Å². The van der Waals surface area contributed by atoms with Crippen molar-refractivity contribution >= 4 is 0 Å². The highest BCUT2D eigenvalue weighted by Gasteiger charge is 2.38. The molecule has 1 aliphatic heterocycles. The normalized spacial score (nSPS) is 27.3. The monoisotopic (exact) mass is 288 g/mol. The maximum absolute atomic E-state index is 6.16. The quantitative estimate of drug-likeness (QED) is 0.903. The van der Waals surface area contributed by atoms with Crippen molar-refractivity contribution in [3.8, 4) is 5.75 Å². The van der Waals surface area contributed by atoms with Gasteiger partial charge in [0, 0.05) is 18.6 Å². The Morgan fingerprint density at radius 2 is 2.14 bits per heavy atom. The molecule has 3 unspecified atom stereocenters. The molecule has 1 saturated carbocycles. The van der Waals surface area contributed by atoms with E-state index in [2.05, 4.69) is 23.1 Å². The lowest BCUT2D eigenvalue weighted by molar-refractivity contribution is 0.0700. The third kappa shape index (κ3) is 3.09. The fraction of sp³-hybridized carbons (Fsp3) is 0.667. The highest BCUT2D eigenvalue weighted by atomic mass is 16.5. The number of fused-ring (bicyclic) bond motifs is 1. The third-order valence-corrected chi connectivity index (χ3v) is 5.21. The minimum Gasteiger partial charge on any atom is -0.494 e. The summed E-state index contributed by atoms with van der Waals surface area (Å²) in [7, 11) is 0. The molecule has 21 heavy (non-hydrogen) atoms. The average molecular weight is 288 g/mol. The van der Waals surface area contributed by atoms with Crippen LogP contribution in [0.2, 0.25) is 0 Å². The number of hydrogen-bond donors (Lipinski definition) is 1. The number of rotatable bonds is 5. The predicted molar refractivity (Wildman–Crippen MR) is 86.5 cm³/mol. The Balaban J connectivity index is 1.82. The predicted octanol–water partition coefficient (Wildman–Crippen LogP) is 3.35. The molecule has 2 fully saturated rings. The van der Waals surface area contributed by atoms with Gasteiger partial charge in [-0.3, -0.25) is 4.90 Å². The molecular formula is C18H28N2O. The molecule has 0 radical (unpaired) electrons. The van der Waals surface area contributed by atoms with Gasteiger partial charge in [0.2, 0.25) is 0 Å². The summed E-state index contributed by atoms with van der Waals surface area (Å²) in [6.45, 7) is 4.63. The Morgan fingerprint density at radius 1 is 1.29 bits per heavy atom. The minimum atomic E-state index is 0.344. The molecule has 0 amide bonds. The Hall–Kier alpha value is -1.06. The molecule has 0 aromatic heterocycles. The molecule has 0 spiro atoms. The van der Waals surface area contributed by atoms with Crippen LogP contribution in [0.4, 0.5) is 0 Å². The van der Waals surface area contributed by atoms with E-state index in [0.717, 1.165) is 17.7 Å². The molecular weight excluding hydrogens is 260 g/mol. The summed E-state index contributed by atoms with van der Waals surface area (Å²) < 4.78 is 5.66. The van der Waals surface area contributed by atoms with Gasteiger partial charge in [-0.15, -0.1) is 0 Å². The zero-order chi connectivity index (χ0) is 14.7. The standard InChI is InChI=1S/C18H28N2O/c1-2-21-16-9-3-7-15(12-16)18(13-19)20-11-5-8-14-6-4-10-17(14)20/h3,7,9,12,14,17-18H,2,4-6,8,10-11,13,19H2,1H3. The Kier molecular flexibility index (Phi) is 4.81. The molecule has 3 nitrogen and oxygen atoms in total. The van der Waals surface area contributed by atoms with Crippen molar-refractivity contribution in [3.05, 3.63) is 29.8 Å². The van der Waals surface area contributed by atoms with Crippen molar-refractivity contribution in [2.75, 3.05) is 19.7 Å². The van der Waals surface area contributed by atoms with Gasteiger partial charge in [0.05, 0.1) is 6.61 Å². The number of nitrogens with two attached hydrogens (primary N) is 1. The molecule has 2 N–H and O–H groups in total. The lowest BCUT2D eigenvalue weighted by atomic mass is 9.89. The van der Waals surface area contributed by atoms with Crippen LogP contribution >= 0.6 is 0 Å². The van der Waals surface area contributed by atoms with E-state index in [4.69, 9.17) is 10.5 Å². The molecule has 3 heteroatoms. The van der Waals surface area contributed by atoms with E-state index >= 15 is 0 Å². The van der Waals surface area contributed by atoms with Crippen molar-refractivity contribution in [1.82, 2.24) is 4.90 Å². The van der Waals surface area contributed by atoms with Gasteiger partial charge in [0.25, 0.3) is 0 Å². The van der Waals surface area contributed by atoms with Gasteiger partial charge in [0.1, 0.15) is 5.75 Å². The molecule has 1 aromatic rings. The fourth-order valence-corrected chi connectivity index (χ4v) is 4.32. The van der Waals surface area contributed by atoms with Gasteiger partial charge in [-0.05, 0) is 62.8 Å². The summed E-state index contributed by atoms with van der Waals surface area (Å²) in [4.78, 5) is 2.69. The van der Waals surface area contributed by atoms with Gasteiger partial charge >= 0.3 is 0 Å². The molecule has 3 atom stereocenters. The van der Waals surface area contributed by atoms with Crippen molar-refractivity contribution in [1.29, 1.82) is 0 Å². The Bertz CT molecular complexity index is 462. The maximum atomic E-state index is 6.16. The zero-order valence-corrected chi connectivity index (χ0v) is 13.1. The molecule has 1 saturated heterocycles. The van der Waals surface area contributed by atoms with Crippen molar-refractivity contribution in [3.63, 3.8) is 0 Å². The number of hydrogen-bond acceptors (Lipinski definition) is 3. The number of ether oxygens (including phenoxy) is 1. The van der Waals surface area contributed by atoms with Crippen LogP contribution in [0, 0.1) is 5.92 Å². The Morgan fingerprint density at radius 3 is 2.95 bits per heavy atom. The van der Waals surface area contributed by atoms with E-state index in [1.54, 1.807) is 0 Å². The molecule has 2 aliphatic rings. The first-order valence-corrected chi connectivity index (χ1v) is 8.52. The van der Waals surface area contributed by atoms with Crippen LogP contribution in [0.25, 0.3) is 0 Å². The summed E-state index contributed by atoms with van der Waals surface area (Å²) >= 11 is 0. The van der Waals surface area contributed by atoms with Crippen molar-refractivity contribution in [2.45, 2.75) is 51.1 Å². The van der Waals surface area contributed by atoms with E-state index in [9.17, 15) is 0 Å². The molecule has 116 valence electrons. The Labute approximate surface area is 128 Å². The highest BCUT2D eigenvalue weighted by Crippen LogP contribution is 2.40. The van der Waals surface area contributed by atoms with E-state index in [-0.39, 0.29) is 0 Å². The summed E-state index contributed by atoms with van der Waals surface area (Å²) in [5.74, 6) is 1.87. The van der Waals surface area contributed by atoms with Gasteiger partial charge in [-0.2, -0.15) is 0 Å². The van der Waals surface area contributed by atoms with E-state index in [1.807, 2.05) is 13.0 Å². The summed E-state index contributed by atoms with van der Waals surface area (Å²) in [6, 6.07) is 9.62. The van der Waals surface area contributed by atoms with Gasteiger partial charge in [0.15, 0.2) is 0 Å². The first-order chi connectivity index (χ1) is 10.3. The summed E-state index contributed by atoms with van der Waals surface area (Å²) in [6.07, 6.45) is 6.89. The van der Waals surface area contributed by atoms with Gasteiger partial charge in [-0.1, -0.05) is 18.6 Å². The molecule has 1 aromatic carbocycles. The number of nitrogens with zero attached hydrogens (tertiary/aromatic N) is 1. The fourth-order valence-electron chi connectivity index (χ4n) is 4.32. The highest BCUT2D eigenvalue weighted by molar-refractivity contribution is 5.31. The van der Waals surface area contributed by atoms with Crippen molar-refractivity contribution in [2.24, 2.45) is 11.7 Å². The number of likely N-dealkylation sites (tertiary alicyclic amines) is 1. The second-order valence-electron chi connectivity index (χ2n) is 6.40. The number of piperidine rings is 1. The topological polar surface area (TPSA) is 38.5 Å². The van der Waals surface area contributed by atoms with Crippen LogP contribution in [-0.4, -0.2) is 30.6 Å². The van der Waals surface area contributed by atoms with Crippen molar-refractivity contribution < 1.29 is 4.74 Å². The second-order valence-corrected chi connectivity index (χ2v) is 6.40. The van der Waals surface area contributed by atoms with E-state index in [1.165, 1.54) is 44.2 Å². The second kappa shape index (κ2) is 6.80. The zero-order valence-electron chi connectivity index (χ0n) is 13.1. The van der Waals surface area contributed by atoms with Crippen LogP contribution in [0.5, 0.6) is 5.75 Å². The summed E-state index contributed by atoms with van der Waals surface area (Å²) in [5, 5.41) is 0. The van der Waals surface area contributed by atoms with Crippen LogP contribution in [0.1, 0.15) is 50.6 Å². The first kappa shape index (κ1) is 14.9. The lowest BCUT2D eigenvalue weighted by Gasteiger charge is -2.42. The van der Waals surface area contributed by atoms with E-state index in [0.29, 0.717) is 19.2 Å². The molecule has 0 bridgehead atoms. The van der Waals surface area contributed by atoms with E-state index < -0.39 is 0 Å².